The van der Waals surface area contributed by atoms with Crippen molar-refractivity contribution < 1.29 is 19.4 Å². The second-order valence-electron chi connectivity index (χ2n) is 5.36. The van der Waals surface area contributed by atoms with E-state index in [4.69, 9.17) is 26.2 Å². The van der Waals surface area contributed by atoms with Gasteiger partial charge in [0.2, 0.25) is 0 Å². The molecule has 114 valence electrons. The number of hydrogen-bond donors (Lipinski definition) is 2. The molecule has 21 heavy (non-hydrogen) atoms. The van der Waals surface area contributed by atoms with Crippen molar-refractivity contribution in [3.05, 3.63) is 22.2 Å². The second-order valence-corrected chi connectivity index (χ2v) is 5.77. The average Bonchev–Trinajstić information content (AvgIpc) is 2.95. The van der Waals surface area contributed by atoms with Gasteiger partial charge in [-0.15, -0.1) is 0 Å². The van der Waals surface area contributed by atoms with E-state index in [2.05, 4.69) is 5.32 Å². The van der Waals surface area contributed by atoms with Crippen molar-refractivity contribution in [2.45, 2.75) is 25.8 Å². The maximum atomic E-state index is 11.1. The van der Waals surface area contributed by atoms with Crippen molar-refractivity contribution in [3.8, 4) is 11.5 Å². The number of carbonyl (C=O) groups is 1. The highest BCUT2D eigenvalue weighted by molar-refractivity contribution is 6.31. The van der Waals surface area contributed by atoms with Crippen LogP contribution in [0.1, 0.15) is 30.5 Å². The summed E-state index contributed by atoms with van der Waals surface area (Å²) in [6.45, 7) is 3.55. The van der Waals surface area contributed by atoms with Crippen molar-refractivity contribution in [1.29, 1.82) is 0 Å². The number of halogens is 1. The predicted molar refractivity (Wildman–Crippen MR) is 78.3 cm³/mol. The number of benzene rings is 1. The number of aliphatic carboxylic acids is 1. The van der Waals surface area contributed by atoms with Gasteiger partial charge in [0.1, 0.15) is 13.2 Å². The maximum Gasteiger partial charge on any atom is 0.307 e. The van der Waals surface area contributed by atoms with Gasteiger partial charge in [-0.05, 0) is 18.4 Å². The highest BCUT2D eigenvalue weighted by atomic mass is 35.5. The summed E-state index contributed by atoms with van der Waals surface area (Å²) in [5.41, 5.74) is 1.97. The molecule has 0 aromatic heterocycles. The van der Waals surface area contributed by atoms with Crippen LogP contribution in [0.25, 0.3) is 0 Å². The van der Waals surface area contributed by atoms with E-state index in [0.29, 0.717) is 37.0 Å². The van der Waals surface area contributed by atoms with E-state index < -0.39 is 5.97 Å². The molecule has 3 rings (SSSR count). The number of carboxylic acids is 1. The highest BCUT2D eigenvalue weighted by Crippen LogP contribution is 2.44. The Hall–Kier alpha value is -1.46. The molecule has 0 spiro atoms. The molecule has 1 aromatic rings. The summed E-state index contributed by atoms with van der Waals surface area (Å²) >= 11 is 6.43. The first kappa shape index (κ1) is 14.5. The van der Waals surface area contributed by atoms with Gasteiger partial charge in [-0.25, -0.2) is 0 Å². The van der Waals surface area contributed by atoms with Gasteiger partial charge in [-0.3, -0.25) is 4.79 Å². The van der Waals surface area contributed by atoms with Gasteiger partial charge >= 0.3 is 5.97 Å². The Morgan fingerprint density at radius 3 is 2.90 bits per heavy atom. The summed E-state index contributed by atoms with van der Waals surface area (Å²) < 4.78 is 11.3. The first-order valence-corrected chi connectivity index (χ1v) is 7.56. The smallest absolute Gasteiger partial charge is 0.307 e. The Kier molecular flexibility index (Phi) is 3.95. The molecule has 2 aliphatic heterocycles. The second kappa shape index (κ2) is 5.73. The maximum absolute atomic E-state index is 11.1. The lowest BCUT2D eigenvalue weighted by atomic mass is 9.93. The van der Waals surface area contributed by atoms with Crippen molar-refractivity contribution in [1.82, 2.24) is 5.32 Å². The third-order valence-electron chi connectivity index (χ3n) is 4.11. The summed E-state index contributed by atoms with van der Waals surface area (Å²) in [6.07, 6.45) is 1.30. The fourth-order valence-electron chi connectivity index (χ4n) is 3.11. The van der Waals surface area contributed by atoms with E-state index in [9.17, 15) is 4.79 Å². The molecule has 2 heterocycles. The zero-order valence-corrected chi connectivity index (χ0v) is 12.6. The van der Waals surface area contributed by atoms with Crippen LogP contribution in [0.15, 0.2) is 6.07 Å². The topological polar surface area (TPSA) is 67.8 Å². The minimum absolute atomic E-state index is 0.0515. The molecule has 5 nitrogen and oxygen atoms in total. The van der Waals surface area contributed by atoms with Gasteiger partial charge in [0.05, 0.1) is 5.92 Å². The van der Waals surface area contributed by atoms with Gasteiger partial charge < -0.3 is 19.9 Å². The standard InChI is InChI=1S/C15H18ClNO4/c1-2-9-13(11-5-8(7-17-11)15(18)19)10(16)6-12-14(9)21-4-3-20-12/h6,8,11,17H,2-5,7H2,1H3,(H,18,19). The Balaban J connectivity index is 2.00. The molecule has 0 radical (unpaired) electrons. The number of ether oxygens (including phenoxy) is 2. The Labute approximate surface area is 128 Å². The fraction of sp³-hybridized carbons (Fsp3) is 0.533. The van der Waals surface area contributed by atoms with E-state index in [0.717, 1.165) is 23.3 Å². The van der Waals surface area contributed by atoms with Crippen LogP contribution in [0, 0.1) is 5.92 Å². The first-order valence-electron chi connectivity index (χ1n) is 7.18. The Morgan fingerprint density at radius 2 is 2.24 bits per heavy atom. The lowest BCUT2D eigenvalue weighted by Crippen LogP contribution is -2.20. The number of hydrogen-bond acceptors (Lipinski definition) is 4. The van der Waals surface area contributed by atoms with Crippen molar-refractivity contribution >= 4 is 17.6 Å². The summed E-state index contributed by atoms with van der Waals surface area (Å²) in [6, 6.07) is 1.73. The van der Waals surface area contributed by atoms with Crippen molar-refractivity contribution in [2.24, 2.45) is 5.92 Å². The minimum Gasteiger partial charge on any atom is -0.486 e. The number of fused-ring (bicyclic) bond motifs is 1. The zero-order valence-electron chi connectivity index (χ0n) is 11.8. The van der Waals surface area contributed by atoms with Crippen LogP contribution in [0.4, 0.5) is 0 Å². The number of rotatable bonds is 3. The fourth-order valence-corrected chi connectivity index (χ4v) is 3.45. The summed E-state index contributed by atoms with van der Waals surface area (Å²) in [4.78, 5) is 11.1. The van der Waals surface area contributed by atoms with E-state index >= 15 is 0 Å². The van der Waals surface area contributed by atoms with Gasteiger partial charge in [0.25, 0.3) is 0 Å². The SMILES string of the molecule is CCc1c2c(cc(Cl)c1C1CC(C(=O)O)CN1)OCCO2. The molecular weight excluding hydrogens is 294 g/mol. The zero-order chi connectivity index (χ0) is 15.0. The quantitative estimate of drug-likeness (QED) is 0.897. The molecule has 2 aliphatic rings. The minimum atomic E-state index is -0.767. The lowest BCUT2D eigenvalue weighted by molar-refractivity contribution is -0.141. The predicted octanol–water partition coefficient (Wildman–Crippen LogP) is 2.41. The van der Waals surface area contributed by atoms with Crippen LogP contribution < -0.4 is 14.8 Å². The van der Waals surface area contributed by atoms with E-state index in [1.165, 1.54) is 0 Å². The van der Waals surface area contributed by atoms with E-state index in [1.54, 1.807) is 6.07 Å². The van der Waals surface area contributed by atoms with E-state index in [1.807, 2.05) is 6.92 Å². The largest absolute Gasteiger partial charge is 0.486 e. The molecule has 0 aliphatic carbocycles. The average molecular weight is 312 g/mol. The molecule has 0 saturated carbocycles. The highest BCUT2D eigenvalue weighted by Gasteiger charge is 2.34. The third kappa shape index (κ3) is 2.56. The van der Waals surface area contributed by atoms with Crippen molar-refractivity contribution in [3.63, 3.8) is 0 Å². The van der Waals surface area contributed by atoms with E-state index in [-0.39, 0.29) is 12.0 Å². The molecule has 2 unspecified atom stereocenters. The number of nitrogens with one attached hydrogen (secondary N) is 1. The van der Waals surface area contributed by atoms with Gasteiger partial charge in [-0.2, -0.15) is 0 Å². The van der Waals surface area contributed by atoms with Crippen molar-refractivity contribution in [2.75, 3.05) is 19.8 Å². The molecule has 2 N–H and O–H groups in total. The third-order valence-corrected chi connectivity index (χ3v) is 4.42. The van der Waals surface area contributed by atoms with Gasteiger partial charge in [0.15, 0.2) is 11.5 Å². The summed E-state index contributed by atoms with van der Waals surface area (Å²) in [5, 5.41) is 13.0. The molecule has 1 fully saturated rings. The molecule has 1 aromatic carbocycles. The first-order chi connectivity index (χ1) is 10.1. The van der Waals surface area contributed by atoms with Crippen LogP contribution >= 0.6 is 11.6 Å². The Morgan fingerprint density at radius 1 is 1.48 bits per heavy atom. The molecule has 1 saturated heterocycles. The molecule has 0 amide bonds. The lowest BCUT2D eigenvalue weighted by Gasteiger charge is -2.26. The molecule has 2 atom stereocenters. The van der Waals surface area contributed by atoms with Gasteiger partial charge in [-0.1, -0.05) is 18.5 Å². The summed E-state index contributed by atoms with van der Waals surface area (Å²) in [5.74, 6) is 0.295. The summed E-state index contributed by atoms with van der Waals surface area (Å²) in [7, 11) is 0. The molecular formula is C15H18ClNO4. The van der Waals surface area contributed by atoms with Crippen LogP contribution in [0.2, 0.25) is 5.02 Å². The molecule has 6 heteroatoms. The van der Waals surface area contributed by atoms with Crippen LogP contribution in [0.5, 0.6) is 11.5 Å². The molecule has 0 bridgehead atoms. The van der Waals surface area contributed by atoms with Crippen LogP contribution in [-0.2, 0) is 11.2 Å². The Bertz CT molecular complexity index is 575. The van der Waals surface area contributed by atoms with Crippen LogP contribution in [-0.4, -0.2) is 30.8 Å². The van der Waals surface area contributed by atoms with Crippen LogP contribution in [0.3, 0.4) is 0 Å². The monoisotopic (exact) mass is 311 g/mol. The number of carboxylic acid groups (broad SMARTS) is 1. The normalized spacial score (nSPS) is 24.1. The van der Waals surface area contributed by atoms with Gasteiger partial charge in [0, 0.05) is 29.2 Å².